The molecule has 0 saturated heterocycles. The van der Waals surface area contributed by atoms with Crippen LogP contribution >= 0.6 is 0 Å². The van der Waals surface area contributed by atoms with Gasteiger partial charge in [-0.15, -0.1) is 0 Å². The summed E-state index contributed by atoms with van der Waals surface area (Å²) in [6.45, 7) is 15.0. The Bertz CT molecular complexity index is 312. The normalized spacial score (nSPS) is 16.8. The van der Waals surface area contributed by atoms with Crippen molar-refractivity contribution in [1.29, 1.82) is 0 Å². The molecule has 0 heterocycles. The predicted molar refractivity (Wildman–Crippen MR) is 91.3 cm³/mol. The van der Waals surface area contributed by atoms with Gasteiger partial charge in [0.15, 0.2) is 0 Å². The van der Waals surface area contributed by atoms with E-state index in [4.69, 9.17) is 5.73 Å². The van der Waals surface area contributed by atoms with Gasteiger partial charge in [0.2, 0.25) is 5.91 Å². The minimum absolute atomic E-state index is 0.243. The van der Waals surface area contributed by atoms with E-state index in [2.05, 4.69) is 51.9 Å². The van der Waals surface area contributed by atoms with Crippen LogP contribution in [0.15, 0.2) is 0 Å². The highest BCUT2D eigenvalue weighted by Gasteiger charge is 2.29. The lowest BCUT2D eigenvalue weighted by Crippen LogP contribution is -2.53. The van der Waals surface area contributed by atoms with Crippen molar-refractivity contribution in [1.82, 2.24) is 10.2 Å². The minimum Gasteiger partial charge on any atom is -0.368 e. The van der Waals surface area contributed by atoms with E-state index in [0.717, 1.165) is 38.8 Å². The predicted octanol–water partition coefficient (Wildman–Crippen LogP) is 2.77. The number of amides is 1. The fraction of sp³-hybridized carbons (Fsp3) is 0.941. The smallest absolute Gasteiger partial charge is 0.237 e. The van der Waals surface area contributed by atoms with Crippen molar-refractivity contribution >= 4 is 5.91 Å². The summed E-state index contributed by atoms with van der Waals surface area (Å²) in [6, 6.07) is 0.540. The Kier molecular flexibility index (Phi) is 8.49. The van der Waals surface area contributed by atoms with Gasteiger partial charge in [-0.3, -0.25) is 4.79 Å². The number of hydrogen-bond donors (Lipinski definition) is 2. The van der Waals surface area contributed by atoms with E-state index in [1.54, 1.807) is 0 Å². The monoisotopic (exact) mass is 299 g/mol. The van der Waals surface area contributed by atoms with Gasteiger partial charge in [-0.1, -0.05) is 27.7 Å². The van der Waals surface area contributed by atoms with Crippen LogP contribution < -0.4 is 11.1 Å². The highest BCUT2D eigenvalue weighted by molar-refractivity contribution is 5.84. The van der Waals surface area contributed by atoms with Crippen molar-refractivity contribution in [2.75, 3.05) is 20.1 Å². The lowest BCUT2D eigenvalue weighted by Gasteiger charge is -2.35. The number of hydrogen-bond acceptors (Lipinski definition) is 3. The Morgan fingerprint density at radius 3 is 2.24 bits per heavy atom. The van der Waals surface area contributed by atoms with Crippen LogP contribution in [0.4, 0.5) is 0 Å². The Labute approximate surface area is 131 Å². The SMILES string of the molecule is CCCNC(C)(CCCCN(C)C(C)C(C)(C)C)C(N)=O. The van der Waals surface area contributed by atoms with Crippen LogP contribution in [0, 0.1) is 5.41 Å². The Hall–Kier alpha value is -0.610. The van der Waals surface area contributed by atoms with Crippen LogP contribution in [0.2, 0.25) is 0 Å². The second kappa shape index (κ2) is 8.74. The number of primary amides is 1. The Balaban J connectivity index is 4.20. The third-order valence-corrected chi connectivity index (χ3v) is 4.66. The van der Waals surface area contributed by atoms with Gasteiger partial charge in [0.1, 0.15) is 0 Å². The zero-order valence-electron chi connectivity index (χ0n) is 15.3. The molecule has 0 fully saturated rings. The average Bonchev–Trinajstić information content (AvgIpc) is 2.38. The second-order valence-corrected chi connectivity index (χ2v) is 7.60. The lowest BCUT2D eigenvalue weighted by molar-refractivity contribution is -0.124. The number of nitrogens with zero attached hydrogens (tertiary/aromatic N) is 1. The van der Waals surface area contributed by atoms with Gasteiger partial charge >= 0.3 is 0 Å². The lowest BCUT2D eigenvalue weighted by atomic mass is 9.87. The van der Waals surface area contributed by atoms with Crippen molar-refractivity contribution in [2.45, 2.75) is 78.8 Å². The highest BCUT2D eigenvalue weighted by Crippen LogP contribution is 2.23. The highest BCUT2D eigenvalue weighted by atomic mass is 16.1. The summed E-state index contributed by atoms with van der Waals surface area (Å²) < 4.78 is 0. The van der Waals surface area contributed by atoms with Crippen LogP contribution in [0.1, 0.15) is 67.2 Å². The molecule has 0 aliphatic heterocycles. The first-order chi connectivity index (χ1) is 9.54. The molecule has 4 nitrogen and oxygen atoms in total. The van der Waals surface area contributed by atoms with Crippen molar-refractivity contribution in [2.24, 2.45) is 11.1 Å². The third kappa shape index (κ3) is 7.28. The first-order valence-corrected chi connectivity index (χ1v) is 8.29. The molecule has 0 aromatic carbocycles. The molecule has 2 unspecified atom stereocenters. The summed E-state index contributed by atoms with van der Waals surface area (Å²) >= 11 is 0. The number of nitrogens with one attached hydrogen (secondary N) is 1. The van der Waals surface area contributed by atoms with Gasteiger partial charge < -0.3 is 16.0 Å². The Morgan fingerprint density at radius 1 is 1.24 bits per heavy atom. The fourth-order valence-electron chi connectivity index (χ4n) is 2.39. The molecule has 0 spiro atoms. The third-order valence-electron chi connectivity index (χ3n) is 4.66. The first kappa shape index (κ1) is 20.4. The zero-order chi connectivity index (χ0) is 16.7. The standard InChI is InChI=1S/C17H37N3O/c1-8-12-19-17(6,15(18)21)11-9-10-13-20(7)14(2)16(3,4)5/h14,19H,8-13H2,1-7H3,(H2,18,21). The first-order valence-electron chi connectivity index (χ1n) is 8.29. The molecular weight excluding hydrogens is 262 g/mol. The quantitative estimate of drug-likeness (QED) is 0.610. The van der Waals surface area contributed by atoms with Crippen molar-refractivity contribution < 1.29 is 4.79 Å². The molecule has 0 aromatic heterocycles. The maximum absolute atomic E-state index is 11.6. The Morgan fingerprint density at radius 2 is 1.81 bits per heavy atom. The second-order valence-electron chi connectivity index (χ2n) is 7.60. The molecule has 21 heavy (non-hydrogen) atoms. The molecule has 0 rings (SSSR count). The molecule has 1 amide bonds. The molecule has 2 atom stereocenters. The molecule has 4 heteroatoms. The molecule has 0 aliphatic rings. The zero-order valence-corrected chi connectivity index (χ0v) is 15.3. The van der Waals surface area contributed by atoms with Gasteiger partial charge in [-0.25, -0.2) is 0 Å². The molecule has 0 saturated carbocycles. The van der Waals surface area contributed by atoms with Crippen molar-refractivity contribution in [3.63, 3.8) is 0 Å². The topological polar surface area (TPSA) is 58.4 Å². The van der Waals surface area contributed by atoms with E-state index in [1.807, 2.05) is 6.92 Å². The summed E-state index contributed by atoms with van der Waals surface area (Å²) in [6.07, 6.45) is 3.92. The molecule has 0 bridgehead atoms. The van der Waals surface area contributed by atoms with Crippen LogP contribution in [0.25, 0.3) is 0 Å². The molecule has 0 radical (unpaired) electrons. The van der Waals surface area contributed by atoms with E-state index in [9.17, 15) is 4.79 Å². The van der Waals surface area contributed by atoms with Gasteiger partial charge in [-0.2, -0.15) is 0 Å². The van der Waals surface area contributed by atoms with E-state index < -0.39 is 5.54 Å². The maximum Gasteiger partial charge on any atom is 0.237 e. The molecule has 0 aromatic rings. The van der Waals surface area contributed by atoms with Crippen LogP contribution in [0.3, 0.4) is 0 Å². The largest absolute Gasteiger partial charge is 0.368 e. The van der Waals surface area contributed by atoms with Gasteiger partial charge in [-0.05, 0) is 65.1 Å². The summed E-state index contributed by atoms with van der Waals surface area (Å²) in [5.41, 5.74) is 5.27. The van der Waals surface area contributed by atoms with E-state index >= 15 is 0 Å². The molecule has 3 N–H and O–H groups in total. The summed E-state index contributed by atoms with van der Waals surface area (Å²) in [4.78, 5) is 14.0. The van der Waals surface area contributed by atoms with Crippen molar-refractivity contribution in [3.8, 4) is 0 Å². The average molecular weight is 300 g/mol. The minimum atomic E-state index is -0.565. The van der Waals surface area contributed by atoms with Crippen molar-refractivity contribution in [3.05, 3.63) is 0 Å². The van der Waals surface area contributed by atoms with Gasteiger partial charge in [0, 0.05) is 6.04 Å². The molecular formula is C17H37N3O. The number of rotatable bonds is 10. The van der Waals surface area contributed by atoms with Crippen LogP contribution in [-0.4, -0.2) is 42.5 Å². The number of unbranched alkanes of at least 4 members (excludes halogenated alkanes) is 1. The van der Waals surface area contributed by atoms with E-state index in [1.165, 1.54) is 0 Å². The molecule has 126 valence electrons. The maximum atomic E-state index is 11.6. The van der Waals surface area contributed by atoms with Gasteiger partial charge in [0.05, 0.1) is 5.54 Å². The number of nitrogens with two attached hydrogens (primary N) is 1. The number of carbonyl (C=O) groups is 1. The fourth-order valence-corrected chi connectivity index (χ4v) is 2.39. The number of carbonyl (C=O) groups excluding carboxylic acids is 1. The van der Waals surface area contributed by atoms with Crippen LogP contribution in [-0.2, 0) is 4.79 Å². The summed E-state index contributed by atoms with van der Waals surface area (Å²) in [7, 11) is 2.18. The van der Waals surface area contributed by atoms with Gasteiger partial charge in [0.25, 0.3) is 0 Å². The summed E-state index contributed by atoms with van der Waals surface area (Å²) in [5.74, 6) is -0.243. The van der Waals surface area contributed by atoms with E-state index in [0.29, 0.717) is 11.5 Å². The summed E-state index contributed by atoms with van der Waals surface area (Å²) in [5, 5.41) is 3.29. The van der Waals surface area contributed by atoms with E-state index in [-0.39, 0.29) is 5.91 Å². The van der Waals surface area contributed by atoms with Crippen LogP contribution in [0.5, 0.6) is 0 Å². The molecule has 0 aliphatic carbocycles.